The van der Waals surface area contributed by atoms with Crippen molar-refractivity contribution in [1.82, 2.24) is 24.7 Å². The van der Waals surface area contributed by atoms with Gasteiger partial charge in [0, 0.05) is 30.9 Å². The van der Waals surface area contributed by atoms with Gasteiger partial charge < -0.3 is 9.42 Å². The van der Waals surface area contributed by atoms with Crippen LogP contribution in [0.5, 0.6) is 0 Å². The van der Waals surface area contributed by atoms with Crippen molar-refractivity contribution in [2.75, 3.05) is 18.0 Å². The third kappa shape index (κ3) is 2.77. The normalized spacial score (nSPS) is 22.4. The average Bonchev–Trinajstić information content (AvgIpc) is 3.10. The lowest BCUT2D eigenvalue weighted by molar-refractivity contribution is 0.363. The number of hydrogen-bond acceptors (Lipinski definition) is 7. The smallest absolute Gasteiger partial charge is 0.263 e. The minimum Gasteiger partial charge on any atom is -0.371 e. The van der Waals surface area contributed by atoms with Crippen molar-refractivity contribution < 1.29 is 8.91 Å². The van der Waals surface area contributed by atoms with Gasteiger partial charge in [0.25, 0.3) is 5.56 Å². The predicted molar refractivity (Wildman–Crippen MR) is 106 cm³/mol. The molecule has 1 saturated carbocycles. The highest BCUT2D eigenvalue weighted by molar-refractivity contribution is 5.72. The van der Waals surface area contributed by atoms with E-state index >= 15 is 0 Å². The topological polar surface area (TPSA) is 89.9 Å². The lowest BCUT2D eigenvalue weighted by Crippen LogP contribution is -2.23. The Morgan fingerprint density at radius 3 is 2.83 bits per heavy atom. The molecule has 8 nitrogen and oxygen atoms in total. The van der Waals surface area contributed by atoms with Gasteiger partial charge in [0.05, 0.1) is 5.39 Å². The molecule has 3 aromatic heterocycles. The van der Waals surface area contributed by atoms with Crippen LogP contribution in [-0.2, 0) is 6.54 Å². The zero-order chi connectivity index (χ0) is 20.2. The Labute approximate surface area is 170 Å². The van der Waals surface area contributed by atoms with Crippen molar-refractivity contribution in [2.24, 2.45) is 11.8 Å². The van der Waals surface area contributed by atoms with Gasteiger partial charge in [0.1, 0.15) is 18.7 Å². The number of aromatic nitrogens is 5. The van der Waals surface area contributed by atoms with Crippen LogP contribution in [0.2, 0.25) is 0 Å². The molecule has 0 spiro atoms. The molecule has 4 heterocycles. The molecular weight excluding hydrogens is 387 g/mol. The summed E-state index contributed by atoms with van der Waals surface area (Å²) in [5, 5.41) is 4.60. The second-order valence-electron chi connectivity index (χ2n) is 7.84. The monoisotopic (exact) mass is 404 g/mol. The molecule has 1 saturated heterocycles. The van der Waals surface area contributed by atoms with Crippen molar-refractivity contribution in [3.8, 4) is 0 Å². The minimum absolute atomic E-state index is 0.168. The molecule has 0 N–H and O–H groups in total. The molecule has 1 aliphatic heterocycles. The summed E-state index contributed by atoms with van der Waals surface area (Å²) in [6.45, 7) is 1.87. The first-order valence-corrected chi connectivity index (χ1v) is 9.80. The summed E-state index contributed by atoms with van der Waals surface area (Å²) >= 11 is 0. The van der Waals surface area contributed by atoms with E-state index in [1.54, 1.807) is 30.5 Å². The quantitative estimate of drug-likeness (QED) is 0.515. The second-order valence-corrected chi connectivity index (χ2v) is 7.84. The number of anilines is 1. The number of pyridine rings is 1. The van der Waals surface area contributed by atoms with Gasteiger partial charge in [-0.2, -0.15) is 4.98 Å². The standard InChI is InChI=1S/C21H17FN6O2/c22-12-3-1-4-13(7-12)27-8-15-16(9-27)18(15)20-25-17(30-26-20)10-28-11-24-19-14(21(28)29)5-2-6-23-19/h1-7,11,15-16,18H,8-10H2. The molecule has 6 rings (SSSR count). The van der Waals surface area contributed by atoms with E-state index in [-0.39, 0.29) is 23.8 Å². The molecule has 0 radical (unpaired) electrons. The Hall–Kier alpha value is -3.62. The SMILES string of the molecule is O=c1c2cccnc2ncn1Cc1nc(C2C3CN(c4cccc(F)c4)CC32)no1. The molecule has 1 aromatic carbocycles. The van der Waals surface area contributed by atoms with Crippen LogP contribution in [0.4, 0.5) is 10.1 Å². The molecule has 2 aliphatic rings. The van der Waals surface area contributed by atoms with Gasteiger partial charge in [-0.15, -0.1) is 0 Å². The first-order valence-electron chi connectivity index (χ1n) is 9.80. The molecule has 150 valence electrons. The van der Waals surface area contributed by atoms with E-state index in [0.29, 0.717) is 34.6 Å². The van der Waals surface area contributed by atoms with E-state index in [2.05, 4.69) is 25.0 Å². The third-order valence-corrected chi connectivity index (χ3v) is 6.05. The molecule has 9 heteroatoms. The predicted octanol–water partition coefficient (Wildman–Crippen LogP) is 2.21. The summed E-state index contributed by atoms with van der Waals surface area (Å²) < 4.78 is 20.3. The van der Waals surface area contributed by atoms with Crippen molar-refractivity contribution in [3.05, 3.63) is 76.8 Å². The fourth-order valence-corrected chi connectivity index (χ4v) is 4.52. The number of halogens is 1. The van der Waals surface area contributed by atoms with Crippen LogP contribution in [0, 0.1) is 17.7 Å². The Morgan fingerprint density at radius 1 is 1.13 bits per heavy atom. The number of rotatable bonds is 4. The van der Waals surface area contributed by atoms with E-state index in [1.165, 1.54) is 17.0 Å². The van der Waals surface area contributed by atoms with E-state index in [0.717, 1.165) is 18.8 Å². The van der Waals surface area contributed by atoms with Gasteiger partial charge in [0.2, 0.25) is 5.89 Å². The zero-order valence-electron chi connectivity index (χ0n) is 15.8. The Morgan fingerprint density at radius 2 is 2.00 bits per heavy atom. The maximum atomic E-state index is 13.5. The van der Waals surface area contributed by atoms with Gasteiger partial charge >= 0.3 is 0 Å². The zero-order valence-corrected chi connectivity index (χ0v) is 15.8. The summed E-state index contributed by atoms with van der Waals surface area (Å²) in [5.41, 5.74) is 1.13. The molecule has 0 amide bonds. The van der Waals surface area contributed by atoms with E-state index in [9.17, 15) is 9.18 Å². The van der Waals surface area contributed by atoms with Gasteiger partial charge in [-0.05, 0) is 42.2 Å². The second kappa shape index (κ2) is 6.45. The molecule has 2 fully saturated rings. The fourth-order valence-electron chi connectivity index (χ4n) is 4.52. The summed E-state index contributed by atoms with van der Waals surface area (Å²) in [7, 11) is 0. The van der Waals surface area contributed by atoms with Gasteiger partial charge in [-0.25, -0.2) is 14.4 Å². The molecular formula is C21H17FN6O2. The Balaban J connectivity index is 1.16. The number of benzene rings is 1. The Kier molecular flexibility index (Phi) is 3.71. The molecule has 2 atom stereocenters. The largest absolute Gasteiger partial charge is 0.371 e. The summed E-state index contributed by atoms with van der Waals surface area (Å²) in [4.78, 5) is 27.6. The van der Waals surface area contributed by atoms with Crippen LogP contribution in [-0.4, -0.2) is 37.8 Å². The average molecular weight is 404 g/mol. The van der Waals surface area contributed by atoms with Gasteiger partial charge in [-0.3, -0.25) is 9.36 Å². The van der Waals surface area contributed by atoms with E-state index < -0.39 is 0 Å². The summed E-state index contributed by atoms with van der Waals surface area (Å²) in [6.07, 6.45) is 3.05. The van der Waals surface area contributed by atoms with E-state index in [4.69, 9.17) is 4.52 Å². The summed E-state index contributed by atoms with van der Waals surface area (Å²) in [6, 6.07) is 10.1. The minimum atomic E-state index is -0.221. The maximum absolute atomic E-state index is 13.5. The van der Waals surface area contributed by atoms with Crippen LogP contribution in [0.1, 0.15) is 17.6 Å². The van der Waals surface area contributed by atoms with Crippen molar-refractivity contribution in [1.29, 1.82) is 0 Å². The highest BCUT2D eigenvalue weighted by atomic mass is 19.1. The first-order chi connectivity index (χ1) is 14.7. The molecule has 2 unspecified atom stereocenters. The van der Waals surface area contributed by atoms with Crippen molar-refractivity contribution in [2.45, 2.75) is 12.5 Å². The number of piperidine rings is 1. The highest BCUT2D eigenvalue weighted by Gasteiger charge is 2.58. The Bertz CT molecular complexity index is 1310. The fraction of sp³-hybridized carbons (Fsp3) is 0.286. The first kappa shape index (κ1) is 17.3. The van der Waals surface area contributed by atoms with Crippen LogP contribution in [0.3, 0.4) is 0 Å². The molecule has 0 bridgehead atoms. The molecule has 1 aliphatic carbocycles. The maximum Gasteiger partial charge on any atom is 0.263 e. The third-order valence-electron chi connectivity index (χ3n) is 6.05. The van der Waals surface area contributed by atoms with Gasteiger partial charge in [0.15, 0.2) is 11.5 Å². The van der Waals surface area contributed by atoms with Crippen LogP contribution in [0.15, 0.2) is 58.2 Å². The number of hydrogen-bond donors (Lipinski definition) is 0. The lowest BCUT2D eigenvalue weighted by atomic mass is 10.2. The number of nitrogens with zero attached hydrogens (tertiary/aromatic N) is 6. The van der Waals surface area contributed by atoms with Crippen molar-refractivity contribution in [3.63, 3.8) is 0 Å². The van der Waals surface area contributed by atoms with Crippen LogP contribution in [0.25, 0.3) is 11.0 Å². The van der Waals surface area contributed by atoms with Crippen LogP contribution >= 0.6 is 0 Å². The highest BCUT2D eigenvalue weighted by Crippen LogP contribution is 2.57. The lowest BCUT2D eigenvalue weighted by Gasteiger charge is -2.21. The van der Waals surface area contributed by atoms with E-state index in [1.807, 2.05) is 6.07 Å². The summed E-state index contributed by atoms with van der Waals surface area (Å²) in [5.74, 6) is 1.97. The number of fused-ring (bicyclic) bond motifs is 2. The van der Waals surface area contributed by atoms with Crippen LogP contribution < -0.4 is 10.5 Å². The molecule has 4 aromatic rings. The molecule has 30 heavy (non-hydrogen) atoms. The van der Waals surface area contributed by atoms with Crippen molar-refractivity contribution >= 4 is 16.7 Å². The van der Waals surface area contributed by atoms with Gasteiger partial charge in [-0.1, -0.05) is 11.2 Å².